The number of aromatic nitrogens is 2. The molecule has 4 nitrogen and oxygen atoms in total. The zero-order valence-electron chi connectivity index (χ0n) is 11.4. The van der Waals surface area contributed by atoms with Crippen molar-refractivity contribution in [3.05, 3.63) is 47.9 Å². The van der Waals surface area contributed by atoms with Crippen molar-refractivity contribution in [3.8, 4) is 11.6 Å². The molecule has 0 aliphatic carbocycles. The van der Waals surface area contributed by atoms with E-state index in [1.807, 2.05) is 19.2 Å². The number of ether oxygens (including phenoxy) is 1. The Balaban J connectivity index is 2.05. The van der Waals surface area contributed by atoms with Crippen LogP contribution in [0, 0.1) is 0 Å². The van der Waals surface area contributed by atoms with Crippen molar-refractivity contribution < 1.29 is 4.74 Å². The molecule has 100 valence electrons. The molecular formula is C15H19N3O. The van der Waals surface area contributed by atoms with Gasteiger partial charge in [0, 0.05) is 12.7 Å². The number of benzene rings is 1. The first-order chi connectivity index (χ1) is 9.31. The second kappa shape index (κ2) is 6.85. The quantitative estimate of drug-likeness (QED) is 0.864. The molecule has 19 heavy (non-hydrogen) atoms. The molecular weight excluding hydrogens is 238 g/mol. The van der Waals surface area contributed by atoms with E-state index < -0.39 is 0 Å². The summed E-state index contributed by atoms with van der Waals surface area (Å²) >= 11 is 0. The van der Waals surface area contributed by atoms with Crippen LogP contribution in [0.4, 0.5) is 0 Å². The van der Waals surface area contributed by atoms with E-state index in [9.17, 15) is 0 Å². The van der Waals surface area contributed by atoms with Gasteiger partial charge in [0.05, 0.1) is 11.9 Å². The van der Waals surface area contributed by atoms with E-state index in [4.69, 9.17) is 4.74 Å². The molecule has 0 saturated heterocycles. The van der Waals surface area contributed by atoms with Crippen molar-refractivity contribution in [2.24, 2.45) is 0 Å². The van der Waals surface area contributed by atoms with Crippen molar-refractivity contribution in [2.75, 3.05) is 7.05 Å². The summed E-state index contributed by atoms with van der Waals surface area (Å²) in [7, 11) is 1.88. The number of aryl methyl sites for hydroxylation is 1. The summed E-state index contributed by atoms with van der Waals surface area (Å²) in [5.74, 6) is 1.31. The van der Waals surface area contributed by atoms with Gasteiger partial charge in [0.25, 0.3) is 0 Å². The van der Waals surface area contributed by atoms with Crippen LogP contribution in [0.3, 0.4) is 0 Å². The standard InChI is InChI=1S/C15H19N3O/c1-3-4-12-5-7-14(8-6-12)19-15-11-17-10-13(18-15)9-16-2/h5-8,10-11,16H,3-4,9H2,1-2H3. The third kappa shape index (κ3) is 4.03. The third-order valence-electron chi connectivity index (χ3n) is 2.70. The Morgan fingerprint density at radius 1 is 1.16 bits per heavy atom. The largest absolute Gasteiger partial charge is 0.437 e. The van der Waals surface area contributed by atoms with Crippen LogP contribution in [0.15, 0.2) is 36.7 Å². The topological polar surface area (TPSA) is 47.0 Å². The van der Waals surface area contributed by atoms with Gasteiger partial charge in [-0.1, -0.05) is 25.5 Å². The lowest BCUT2D eigenvalue weighted by atomic mass is 10.1. The summed E-state index contributed by atoms with van der Waals surface area (Å²) in [6.07, 6.45) is 5.60. The van der Waals surface area contributed by atoms with E-state index in [1.54, 1.807) is 12.4 Å². The third-order valence-corrected chi connectivity index (χ3v) is 2.70. The Kier molecular flexibility index (Phi) is 4.86. The molecule has 1 aromatic heterocycles. The van der Waals surface area contributed by atoms with E-state index in [0.717, 1.165) is 24.3 Å². The van der Waals surface area contributed by atoms with Gasteiger partial charge < -0.3 is 10.1 Å². The maximum absolute atomic E-state index is 5.70. The number of hydrogen-bond acceptors (Lipinski definition) is 4. The van der Waals surface area contributed by atoms with Crippen LogP contribution in [0.5, 0.6) is 11.6 Å². The molecule has 0 spiro atoms. The van der Waals surface area contributed by atoms with Gasteiger partial charge in [0.15, 0.2) is 0 Å². The molecule has 0 bridgehead atoms. The summed E-state index contributed by atoms with van der Waals surface area (Å²) < 4.78 is 5.70. The molecule has 0 aliphatic rings. The van der Waals surface area contributed by atoms with Gasteiger partial charge in [-0.05, 0) is 31.2 Å². The van der Waals surface area contributed by atoms with Crippen LogP contribution >= 0.6 is 0 Å². The lowest BCUT2D eigenvalue weighted by molar-refractivity contribution is 0.456. The van der Waals surface area contributed by atoms with Gasteiger partial charge in [-0.25, -0.2) is 4.98 Å². The minimum atomic E-state index is 0.524. The maximum atomic E-state index is 5.70. The van der Waals surface area contributed by atoms with E-state index in [0.29, 0.717) is 12.4 Å². The summed E-state index contributed by atoms with van der Waals surface area (Å²) in [4.78, 5) is 8.49. The molecule has 1 N–H and O–H groups in total. The molecule has 0 amide bonds. The molecule has 4 heteroatoms. The predicted molar refractivity (Wildman–Crippen MR) is 75.3 cm³/mol. The number of nitrogens with one attached hydrogen (secondary N) is 1. The van der Waals surface area contributed by atoms with E-state index in [1.165, 1.54) is 5.56 Å². The molecule has 0 fully saturated rings. The van der Waals surface area contributed by atoms with Gasteiger partial charge in [-0.15, -0.1) is 0 Å². The zero-order chi connectivity index (χ0) is 13.5. The second-order valence-corrected chi connectivity index (χ2v) is 4.37. The SMILES string of the molecule is CCCc1ccc(Oc2cncc(CNC)n2)cc1. The zero-order valence-corrected chi connectivity index (χ0v) is 11.4. The highest BCUT2D eigenvalue weighted by Gasteiger charge is 2.01. The van der Waals surface area contributed by atoms with E-state index in [2.05, 4.69) is 34.3 Å². The van der Waals surface area contributed by atoms with Gasteiger partial charge in [0.1, 0.15) is 5.75 Å². The molecule has 1 aromatic carbocycles. The lowest BCUT2D eigenvalue weighted by Crippen LogP contribution is -2.07. The molecule has 1 heterocycles. The number of rotatable bonds is 6. The van der Waals surface area contributed by atoms with Crippen LogP contribution < -0.4 is 10.1 Å². The first kappa shape index (κ1) is 13.5. The fraction of sp³-hybridized carbons (Fsp3) is 0.333. The second-order valence-electron chi connectivity index (χ2n) is 4.37. The van der Waals surface area contributed by atoms with Crippen molar-refractivity contribution in [3.63, 3.8) is 0 Å². The van der Waals surface area contributed by atoms with Crippen molar-refractivity contribution in [1.82, 2.24) is 15.3 Å². The van der Waals surface area contributed by atoms with Crippen molar-refractivity contribution in [1.29, 1.82) is 0 Å². The van der Waals surface area contributed by atoms with Crippen LogP contribution in [-0.2, 0) is 13.0 Å². The Morgan fingerprint density at radius 2 is 1.95 bits per heavy atom. The van der Waals surface area contributed by atoms with Crippen LogP contribution in [0.25, 0.3) is 0 Å². The average Bonchev–Trinajstić information content (AvgIpc) is 2.42. The maximum Gasteiger partial charge on any atom is 0.238 e. The van der Waals surface area contributed by atoms with E-state index in [-0.39, 0.29) is 0 Å². The Labute approximate surface area is 113 Å². The van der Waals surface area contributed by atoms with Crippen molar-refractivity contribution in [2.45, 2.75) is 26.3 Å². The average molecular weight is 257 g/mol. The highest BCUT2D eigenvalue weighted by Crippen LogP contribution is 2.19. The number of nitrogens with zero attached hydrogens (tertiary/aromatic N) is 2. The summed E-state index contributed by atoms with van der Waals surface area (Å²) in [5, 5.41) is 3.04. The Hall–Kier alpha value is -1.94. The van der Waals surface area contributed by atoms with Gasteiger partial charge in [0.2, 0.25) is 5.88 Å². The molecule has 0 aliphatic heterocycles. The Bertz CT molecular complexity index is 511. The molecule has 0 saturated carbocycles. The summed E-state index contributed by atoms with van der Waals surface area (Å²) in [6, 6.07) is 8.11. The minimum Gasteiger partial charge on any atom is -0.437 e. The highest BCUT2D eigenvalue weighted by atomic mass is 16.5. The Morgan fingerprint density at radius 3 is 2.63 bits per heavy atom. The van der Waals surface area contributed by atoms with Crippen LogP contribution in [0.1, 0.15) is 24.6 Å². The molecule has 0 atom stereocenters. The smallest absolute Gasteiger partial charge is 0.238 e. The highest BCUT2D eigenvalue weighted by molar-refractivity contribution is 5.30. The first-order valence-corrected chi connectivity index (χ1v) is 6.54. The van der Waals surface area contributed by atoms with Gasteiger partial charge in [-0.2, -0.15) is 0 Å². The van der Waals surface area contributed by atoms with E-state index >= 15 is 0 Å². The van der Waals surface area contributed by atoms with Gasteiger partial charge in [-0.3, -0.25) is 4.98 Å². The summed E-state index contributed by atoms with van der Waals surface area (Å²) in [6.45, 7) is 2.85. The van der Waals surface area contributed by atoms with Crippen molar-refractivity contribution >= 4 is 0 Å². The van der Waals surface area contributed by atoms with Crippen LogP contribution in [-0.4, -0.2) is 17.0 Å². The molecule has 0 unspecified atom stereocenters. The lowest BCUT2D eigenvalue weighted by Gasteiger charge is -2.06. The van der Waals surface area contributed by atoms with Crippen LogP contribution in [0.2, 0.25) is 0 Å². The minimum absolute atomic E-state index is 0.524. The molecule has 0 radical (unpaired) electrons. The molecule has 2 rings (SSSR count). The molecule has 2 aromatic rings. The monoisotopic (exact) mass is 257 g/mol. The first-order valence-electron chi connectivity index (χ1n) is 6.54. The fourth-order valence-corrected chi connectivity index (χ4v) is 1.84. The fourth-order valence-electron chi connectivity index (χ4n) is 1.84. The predicted octanol–water partition coefficient (Wildman–Crippen LogP) is 2.94. The normalized spacial score (nSPS) is 10.4. The summed E-state index contributed by atoms with van der Waals surface area (Å²) in [5.41, 5.74) is 2.19. The van der Waals surface area contributed by atoms with Gasteiger partial charge >= 0.3 is 0 Å². The number of hydrogen-bond donors (Lipinski definition) is 1.